The van der Waals surface area contributed by atoms with E-state index in [0.29, 0.717) is 0 Å². The molecule has 0 bridgehead atoms. The van der Waals surface area contributed by atoms with Crippen molar-refractivity contribution < 1.29 is 27.4 Å². The van der Waals surface area contributed by atoms with E-state index in [-0.39, 0.29) is 11.4 Å². The first kappa shape index (κ1) is 13.6. The van der Waals surface area contributed by atoms with E-state index in [0.717, 1.165) is 6.20 Å². The number of hydrogen-bond acceptors (Lipinski definition) is 4. The van der Waals surface area contributed by atoms with Crippen molar-refractivity contribution in [3.05, 3.63) is 17.3 Å². The third-order valence-corrected chi connectivity index (χ3v) is 2.04. The minimum Gasteiger partial charge on any atom is -0.481 e. The van der Waals surface area contributed by atoms with Crippen LogP contribution in [0, 0.1) is 6.92 Å². The Kier molecular flexibility index (Phi) is 3.82. The van der Waals surface area contributed by atoms with Crippen LogP contribution in [0.25, 0.3) is 0 Å². The monoisotopic (exact) mass is 269 g/mol. The first-order valence-corrected chi connectivity index (χ1v) is 4.63. The van der Waals surface area contributed by atoms with Gasteiger partial charge in [-0.15, -0.1) is 13.2 Å². The molecule has 0 fully saturated rings. The molecule has 0 atom stereocenters. The summed E-state index contributed by atoms with van der Waals surface area (Å²) in [6.45, 7) is 1.27. The molecule has 0 aliphatic carbocycles. The zero-order valence-electron chi connectivity index (χ0n) is 8.76. The van der Waals surface area contributed by atoms with Gasteiger partial charge in [0, 0.05) is 6.20 Å². The average Bonchev–Trinajstić information content (AvgIpc) is 2.18. The molecule has 1 heterocycles. The normalized spacial score (nSPS) is 11.2. The molecule has 0 unspecified atom stereocenters. The molecule has 0 saturated carbocycles. The number of nitrogens with zero attached hydrogens (tertiary/aromatic N) is 1. The molecule has 1 aromatic rings. The molecule has 0 radical (unpaired) electrons. The molecule has 0 aliphatic rings. The topological polar surface area (TPSA) is 48.4 Å². The van der Waals surface area contributed by atoms with Gasteiger partial charge in [-0.05, 0) is 18.5 Å². The molecule has 0 N–H and O–H groups in total. The Balaban J connectivity index is 3.35. The summed E-state index contributed by atoms with van der Waals surface area (Å²) in [7, 11) is 1.23. The Hall–Kier alpha value is -1.50. The van der Waals surface area contributed by atoms with Gasteiger partial charge in [0.1, 0.15) is 0 Å². The minimum absolute atomic E-state index is 0.0590. The predicted molar refractivity (Wildman–Crippen MR) is 52.4 cm³/mol. The molecule has 0 saturated heterocycles. The van der Waals surface area contributed by atoms with Crippen molar-refractivity contribution >= 4 is 16.8 Å². The Bertz CT molecular complexity index is 448. The molecule has 0 aromatic carbocycles. The van der Waals surface area contributed by atoms with Crippen LogP contribution in [0.1, 0.15) is 15.9 Å². The molecular weight excluding hydrogens is 263 g/mol. The van der Waals surface area contributed by atoms with Crippen molar-refractivity contribution in [2.24, 2.45) is 0 Å². The van der Waals surface area contributed by atoms with Gasteiger partial charge in [-0.2, -0.15) is 0 Å². The summed E-state index contributed by atoms with van der Waals surface area (Å²) >= 11 is 5.14. The van der Waals surface area contributed by atoms with E-state index in [2.05, 4.69) is 9.72 Å². The molecule has 94 valence electrons. The van der Waals surface area contributed by atoms with Crippen LogP contribution in [-0.2, 0) is 0 Å². The zero-order chi connectivity index (χ0) is 13.2. The molecule has 1 aromatic heterocycles. The highest BCUT2D eigenvalue weighted by atomic mass is 35.5. The van der Waals surface area contributed by atoms with Gasteiger partial charge in [0.2, 0.25) is 5.88 Å². The SMILES string of the molecule is COc1ncc(C(=O)Cl)c(OC(F)(F)F)c1C. The summed E-state index contributed by atoms with van der Waals surface area (Å²) in [6, 6.07) is 0. The Morgan fingerprint density at radius 2 is 2.06 bits per heavy atom. The van der Waals surface area contributed by atoms with E-state index in [4.69, 9.17) is 16.3 Å². The van der Waals surface area contributed by atoms with Gasteiger partial charge in [0.25, 0.3) is 5.24 Å². The predicted octanol–water partition coefficient (Wildman–Crippen LogP) is 2.68. The van der Waals surface area contributed by atoms with Gasteiger partial charge in [0.05, 0.1) is 18.2 Å². The lowest BCUT2D eigenvalue weighted by molar-refractivity contribution is -0.275. The summed E-state index contributed by atoms with van der Waals surface area (Å²) in [5.74, 6) is -0.782. The average molecular weight is 270 g/mol. The first-order valence-electron chi connectivity index (χ1n) is 4.25. The first-order chi connectivity index (χ1) is 7.76. The van der Waals surface area contributed by atoms with Crippen molar-refractivity contribution in [3.8, 4) is 11.6 Å². The quantitative estimate of drug-likeness (QED) is 0.792. The number of aromatic nitrogens is 1. The van der Waals surface area contributed by atoms with Crippen LogP contribution in [0.4, 0.5) is 13.2 Å². The minimum atomic E-state index is -4.93. The number of carbonyl (C=O) groups is 1. The number of methoxy groups -OCH3 is 1. The lowest BCUT2D eigenvalue weighted by Gasteiger charge is -2.15. The second-order valence-electron chi connectivity index (χ2n) is 2.96. The van der Waals surface area contributed by atoms with Gasteiger partial charge >= 0.3 is 6.36 Å². The third kappa shape index (κ3) is 3.23. The Morgan fingerprint density at radius 1 is 1.47 bits per heavy atom. The van der Waals surface area contributed by atoms with Crippen LogP contribution in [-0.4, -0.2) is 23.7 Å². The highest BCUT2D eigenvalue weighted by Crippen LogP contribution is 2.34. The number of alkyl halides is 3. The number of rotatable bonds is 3. The van der Waals surface area contributed by atoms with E-state index in [1.165, 1.54) is 14.0 Å². The Morgan fingerprint density at radius 3 is 2.47 bits per heavy atom. The molecule has 1 rings (SSSR count). The van der Waals surface area contributed by atoms with Crippen molar-refractivity contribution in [2.75, 3.05) is 7.11 Å². The second-order valence-corrected chi connectivity index (χ2v) is 3.30. The fourth-order valence-electron chi connectivity index (χ4n) is 1.17. The molecule has 0 aliphatic heterocycles. The zero-order valence-corrected chi connectivity index (χ0v) is 9.52. The summed E-state index contributed by atoms with van der Waals surface area (Å²) in [4.78, 5) is 14.6. The van der Waals surface area contributed by atoms with Crippen LogP contribution >= 0.6 is 11.6 Å². The molecule has 8 heteroatoms. The number of ether oxygens (including phenoxy) is 2. The van der Waals surface area contributed by atoms with Crippen LogP contribution in [0.15, 0.2) is 6.20 Å². The maximum atomic E-state index is 12.2. The summed E-state index contributed by atoms with van der Waals surface area (Å²) < 4.78 is 45.0. The molecular formula is C9H7ClF3NO3. The molecule has 0 amide bonds. The van der Waals surface area contributed by atoms with Gasteiger partial charge < -0.3 is 9.47 Å². The van der Waals surface area contributed by atoms with Crippen LogP contribution in [0.2, 0.25) is 0 Å². The lowest BCUT2D eigenvalue weighted by Crippen LogP contribution is -2.19. The largest absolute Gasteiger partial charge is 0.573 e. The number of carbonyl (C=O) groups excluding carboxylic acids is 1. The highest BCUT2D eigenvalue weighted by Gasteiger charge is 2.34. The van der Waals surface area contributed by atoms with Gasteiger partial charge in [-0.25, -0.2) is 4.98 Å². The smallest absolute Gasteiger partial charge is 0.481 e. The maximum Gasteiger partial charge on any atom is 0.573 e. The third-order valence-electron chi connectivity index (χ3n) is 1.84. The van der Waals surface area contributed by atoms with Crippen LogP contribution < -0.4 is 9.47 Å². The van der Waals surface area contributed by atoms with Crippen molar-refractivity contribution in [1.29, 1.82) is 0 Å². The molecule has 0 spiro atoms. The van der Waals surface area contributed by atoms with E-state index in [1.54, 1.807) is 0 Å². The number of halogens is 4. The van der Waals surface area contributed by atoms with Crippen LogP contribution in [0.3, 0.4) is 0 Å². The van der Waals surface area contributed by atoms with Crippen molar-refractivity contribution in [1.82, 2.24) is 4.98 Å². The summed E-state index contributed by atoms with van der Waals surface area (Å²) in [5, 5.41) is -1.09. The highest BCUT2D eigenvalue weighted by molar-refractivity contribution is 6.68. The summed E-state index contributed by atoms with van der Waals surface area (Å²) in [5.41, 5.74) is -0.529. The van der Waals surface area contributed by atoms with E-state index in [1.807, 2.05) is 0 Å². The van der Waals surface area contributed by atoms with E-state index >= 15 is 0 Å². The fraction of sp³-hybridized carbons (Fsp3) is 0.333. The van der Waals surface area contributed by atoms with Crippen molar-refractivity contribution in [3.63, 3.8) is 0 Å². The maximum absolute atomic E-state index is 12.2. The van der Waals surface area contributed by atoms with Gasteiger partial charge in [0.15, 0.2) is 5.75 Å². The standard InChI is InChI=1S/C9H7ClF3NO3/c1-4-6(17-9(11,12)13)5(7(10)15)3-14-8(4)16-2/h3H,1-2H3. The lowest BCUT2D eigenvalue weighted by atomic mass is 10.2. The fourth-order valence-corrected chi connectivity index (χ4v) is 1.31. The van der Waals surface area contributed by atoms with Gasteiger partial charge in [-0.3, -0.25) is 4.79 Å². The summed E-state index contributed by atoms with van der Waals surface area (Å²) in [6.07, 6.45) is -4.07. The Labute approximate surface area is 99.3 Å². The van der Waals surface area contributed by atoms with Gasteiger partial charge in [-0.1, -0.05) is 0 Å². The van der Waals surface area contributed by atoms with Crippen LogP contribution in [0.5, 0.6) is 11.6 Å². The second kappa shape index (κ2) is 4.79. The molecule has 4 nitrogen and oxygen atoms in total. The van der Waals surface area contributed by atoms with E-state index < -0.39 is 22.9 Å². The number of hydrogen-bond donors (Lipinski definition) is 0. The van der Waals surface area contributed by atoms with Crippen molar-refractivity contribution in [2.45, 2.75) is 13.3 Å². The molecule has 17 heavy (non-hydrogen) atoms. The number of pyridine rings is 1. The van der Waals surface area contributed by atoms with E-state index in [9.17, 15) is 18.0 Å².